The lowest BCUT2D eigenvalue weighted by Crippen LogP contribution is -2.09. The maximum Gasteiger partial charge on any atom is 0.338 e. The molecule has 0 aliphatic rings. The molecule has 0 amide bonds. The van der Waals surface area contributed by atoms with Crippen LogP contribution in [0, 0.1) is 26.1 Å². The van der Waals surface area contributed by atoms with Crippen LogP contribution in [0.3, 0.4) is 0 Å². The van der Waals surface area contributed by atoms with E-state index >= 15 is 0 Å². The van der Waals surface area contributed by atoms with Crippen LogP contribution < -0.4 is 0 Å². The van der Waals surface area contributed by atoms with Crippen LogP contribution in [-0.4, -0.2) is 25.2 Å². The van der Waals surface area contributed by atoms with Gasteiger partial charge < -0.3 is 18.9 Å². The minimum atomic E-state index is -0.555. The molecule has 0 bridgehead atoms. The van der Waals surface area contributed by atoms with Crippen LogP contribution >= 0.6 is 0 Å². The van der Waals surface area contributed by atoms with Gasteiger partial charge in [0, 0.05) is 12.8 Å². The summed E-state index contributed by atoms with van der Waals surface area (Å²) >= 11 is 0. The average Bonchev–Trinajstić information content (AvgIpc) is 2.67. The van der Waals surface area contributed by atoms with Crippen molar-refractivity contribution in [1.82, 2.24) is 0 Å². The fourth-order valence-electron chi connectivity index (χ4n) is 1.71. The fourth-order valence-corrected chi connectivity index (χ4v) is 1.71. The zero-order chi connectivity index (χ0) is 19.0. The minimum Gasteiger partial charge on any atom is -0.502 e. The predicted molar refractivity (Wildman–Crippen MR) is 96.0 cm³/mol. The predicted octanol–water partition coefficient (Wildman–Crippen LogP) is 3.83. The topological polar surface area (TPSA) is 71.1 Å². The summed E-state index contributed by atoms with van der Waals surface area (Å²) in [4.78, 5) is 24.0. The Balaban J connectivity index is 2.36. The van der Waals surface area contributed by atoms with Gasteiger partial charge in [-0.25, -0.2) is 9.59 Å². The summed E-state index contributed by atoms with van der Waals surface area (Å²) in [5.41, 5.74) is 0.528. The Hall–Kier alpha value is -2.76. The van der Waals surface area contributed by atoms with Gasteiger partial charge in [-0.1, -0.05) is 19.2 Å². The highest BCUT2D eigenvalue weighted by Gasteiger charge is 2.12. The van der Waals surface area contributed by atoms with Crippen LogP contribution in [0.25, 0.3) is 0 Å². The van der Waals surface area contributed by atoms with Crippen LogP contribution in [0.15, 0.2) is 49.9 Å². The molecule has 0 spiro atoms. The lowest BCUT2D eigenvalue weighted by Gasteiger charge is -2.07. The third kappa shape index (κ3) is 8.92. The van der Waals surface area contributed by atoms with E-state index in [0.29, 0.717) is 19.4 Å². The molecule has 6 heteroatoms. The molecule has 6 nitrogen and oxygen atoms in total. The monoisotopic (exact) mass is 358 g/mol. The van der Waals surface area contributed by atoms with Crippen LogP contribution in [0.2, 0.25) is 0 Å². The van der Waals surface area contributed by atoms with Crippen molar-refractivity contribution in [2.24, 2.45) is 0 Å². The molecule has 4 radical (unpaired) electrons. The number of carbonyl (C=O) groups excluding carboxylic acids is 2. The lowest BCUT2D eigenvalue weighted by atomic mass is 10.1. The summed E-state index contributed by atoms with van der Waals surface area (Å²) in [6.45, 7) is 10.2. The van der Waals surface area contributed by atoms with Crippen molar-refractivity contribution in [2.75, 3.05) is 13.2 Å². The summed E-state index contributed by atoms with van der Waals surface area (Å²) < 4.78 is 19.8. The van der Waals surface area contributed by atoms with Gasteiger partial charge in [-0.05, 0) is 31.0 Å². The van der Waals surface area contributed by atoms with Gasteiger partial charge >= 0.3 is 11.9 Å². The standard InChI is InChI=1S/C20H22O6/c1-3-23-12-5-7-14-25-19(21)17-10-9-11-18(16-17)20(22)26-15-8-6-13-24-4-2/h3-5,8-11,13-14,16H,1-2,6-7,12,15H2. The second kappa shape index (κ2) is 13.5. The van der Waals surface area contributed by atoms with Crippen molar-refractivity contribution in [3.63, 3.8) is 0 Å². The van der Waals surface area contributed by atoms with Crippen molar-refractivity contribution in [2.45, 2.75) is 12.8 Å². The van der Waals surface area contributed by atoms with Gasteiger partial charge in [0.05, 0.1) is 36.9 Å². The van der Waals surface area contributed by atoms with E-state index in [-0.39, 0.29) is 17.7 Å². The molecule has 0 heterocycles. The summed E-state index contributed by atoms with van der Waals surface area (Å²) in [6, 6.07) is 6.14. The van der Waals surface area contributed by atoms with Crippen molar-refractivity contribution in [3.05, 3.63) is 87.1 Å². The van der Waals surface area contributed by atoms with E-state index in [2.05, 4.69) is 13.2 Å². The first kappa shape index (κ1) is 21.3. The van der Waals surface area contributed by atoms with Crippen LogP contribution in [-0.2, 0) is 18.9 Å². The number of carbonyl (C=O) groups is 2. The van der Waals surface area contributed by atoms with E-state index in [9.17, 15) is 9.59 Å². The van der Waals surface area contributed by atoms with E-state index in [1.165, 1.54) is 31.8 Å². The third-order valence-corrected chi connectivity index (χ3v) is 2.91. The Morgan fingerprint density at radius 2 is 1.62 bits per heavy atom. The summed E-state index contributed by atoms with van der Waals surface area (Å²) in [5.74, 6) is -1.08. The number of hydrogen-bond acceptors (Lipinski definition) is 6. The highest BCUT2D eigenvalue weighted by Crippen LogP contribution is 2.10. The molecule has 1 aromatic carbocycles. The Morgan fingerprint density at radius 1 is 0.923 bits per heavy atom. The Morgan fingerprint density at radius 3 is 2.35 bits per heavy atom. The van der Waals surface area contributed by atoms with Crippen molar-refractivity contribution >= 4 is 11.9 Å². The Bertz CT molecular complexity index is 534. The molecule has 0 unspecified atom stereocenters. The number of ether oxygens (including phenoxy) is 4. The molecule has 26 heavy (non-hydrogen) atoms. The molecular weight excluding hydrogens is 336 g/mol. The summed E-state index contributed by atoms with van der Waals surface area (Å²) in [7, 11) is 0. The Labute approximate surface area is 154 Å². The van der Waals surface area contributed by atoms with E-state index in [4.69, 9.17) is 18.9 Å². The molecule has 0 atom stereocenters. The van der Waals surface area contributed by atoms with Crippen molar-refractivity contribution in [3.8, 4) is 0 Å². The normalized spacial score (nSPS) is 9.85. The van der Waals surface area contributed by atoms with Crippen molar-refractivity contribution in [1.29, 1.82) is 0 Å². The molecule has 0 N–H and O–H groups in total. The largest absolute Gasteiger partial charge is 0.502 e. The summed E-state index contributed by atoms with van der Waals surface area (Å²) in [6.07, 6.45) is 7.07. The Kier molecular flexibility index (Phi) is 11.1. The van der Waals surface area contributed by atoms with Gasteiger partial charge in [-0.3, -0.25) is 0 Å². The molecule has 0 saturated carbocycles. The van der Waals surface area contributed by atoms with Gasteiger partial charge in [0.1, 0.15) is 13.2 Å². The third-order valence-electron chi connectivity index (χ3n) is 2.91. The number of unbranched alkanes of at least 4 members (excludes halogenated alkanes) is 2. The second-order valence-corrected chi connectivity index (χ2v) is 4.77. The van der Waals surface area contributed by atoms with Crippen molar-refractivity contribution < 1.29 is 28.5 Å². The lowest BCUT2D eigenvalue weighted by molar-refractivity contribution is 0.0533. The molecule has 0 saturated heterocycles. The van der Waals surface area contributed by atoms with Crippen LogP contribution in [0.1, 0.15) is 33.6 Å². The van der Waals surface area contributed by atoms with E-state index in [0.717, 1.165) is 0 Å². The number of esters is 2. The van der Waals surface area contributed by atoms with Crippen LogP contribution in [0.4, 0.5) is 0 Å². The molecule has 0 fully saturated rings. The number of hydrogen-bond donors (Lipinski definition) is 0. The number of rotatable bonds is 14. The molecule has 0 aliphatic carbocycles. The first-order valence-electron chi connectivity index (χ1n) is 7.92. The van der Waals surface area contributed by atoms with E-state index in [1.807, 2.05) is 0 Å². The maximum absolute atomic E-state index is 12.0. The number of benzene rings is 1. The zero-order valence-electron chi connectivity index (χ0n) is 14.5. The zero-order valence-corrected chi connectivity index (χ0v) is 14.5. The van der Waals surface area contributed by atoms with Gasteiger partial charge in [-0.15, -0.1) is 0 Å². The van der Waals surface area contributed by atoms with Gasteiger partial charge in [0.15, 0.2) is 0 Å². The second-order valence-electron chi connectivity index (χ2n) is 4.77. The average molecular weight is 358 g/mol. The molecule has 1 rings (SSSR count). The van der Waals surface area contributed by atoms with Crippen LogP contribution in [0.5, 0.6) is 0 Å². The molecule has 0 aromatic heterocycles. The highest BCUT2D eigenvalue weighted by molar-refractivity contribution is 5.95. The first-order valence-corrected chi connectivity index (χ1v) is 7.92. The fraction of sp³-hybridized carbons (Fsp3) is 0.200. The van der Waals surface area contributed by atoms with Gasteiger partial charge in [-0.2, -0.15) is 0 Å². The van der Waals surface area contributed by atoms with E-state index in [1.54, 1.807) is 31.0 Å². The molecule has 0 aliphatic heterocycles. The first-order chi connectivity index (χ1) is 12.7. The molecule has 138 valence electrons. The molecule has 1 aromatic rings. The van der Waals surface area contributed by atoms with Gasteiger partial charge in [0.25, 0.3) is 0 Å². The summed E-state index contributed by atoms with van der Waals surface area (Å²) in [5, 5.41) is 0. The quantitative estimate of drug-likeness (QED) is 0.286. The molecular formula is C20H22O6. The SMILES string of the molecule is C=CO[CH]C[CH]COC(=O)c1cccc(C(=O)O[CH]C[CH]COC=C)c1. The minimum absolute atomic E-state index is 0.126. The van der Waals surface area contributed by atoms with Gasteiger partial charge in [0.2, 0.25) is 0 Å². The maximum atomic E-state index is 12.0. The van der Waals surface area contributed by atoms with E-state index < -0.39 is 11.9 Å². The smallest absolute Gasteiger partial charge is 0.338 e. The highest BCUT2D eigenvalue weighted by atomic mass is 16.5.